The molecule has 4 nitrogen and oxygen atoms in total. The van der Waals surface area contributed by atoms with Crippen LogP contribution in [0, 0.1) is 5.82 Å². The molecule has 5 heteroatoms. The van der Waals surface area contributed by atoms with Crippen molar-refractivity contribution in [3.63, 3.8) is 0 Å². The number of phenolic OH excluding ortho intramolecular Hbond substituents is 1. The third-order valence-electron chi connectivity index (χ3n) is 2.19. The van der Waals surface area contributed by atoms with Crippen LogP contribution < -0.4 is 10.6 Å². The van der Waals surface area contributed by atoms with Gasteiger partial charge in [0.2, 0.25) is 5.91 Å². The fourth-order valence-electron chi connectivity index (χ4n) is 1.48. The van der Waals surface area contributed by atoms with Gasteiger partial charge in [0.25, 0.3) is 0 Å². The molecule has 0 bridgehead atoms. The summed E-state index contributed by atoms with van der Waals surface area (Å²) >= 11 is 0. The van der Waals surface area contributed by atoms with Gasteiger partial charge in [0, 0.05) is 17.6 Å². The molecule has 1 aromatic carbocycles. The third-order valence-corrected chi connectivity index (χ3v) is 2.19. The largest absolute Gasteiger partial charge is 0.505 e. The maximum absolute atomic E-state index is 13.0. The van der Waals surface area contributed by atoms with E-state index in [1.54, 1.807) is 6.07 Å². The second kappa shape index (κ2) is 5.82. The van der Waals surface area contributed by atoms with Crippen LogP contribution in [-0.4, -0.2) is 23.1 Å². The molecular formula is C13H19FN2O2. The van der Waals surface area contributed by atoms with E-state index in [0.29, 0.717) is 5.56 Å². The summed E-state index contributed by atoms with van der Waals surface area (Å²) in [7, 11) is 0. The molecule has 0 heterocycles. The highest BCUT2D eigenvalue weighted by Crippen LogP contribution is 2.20. The number of carbonyl (C=O) groups is 1. The molecule has 0 aromatic heterocycles. The quantitative estimate of drug-likeness (QED) is 0.763. The molecule has 1 amide bonds. The highest BCUT2D eigenvalue weighted by molar-refractivity contribution is 5.78. The Morgan fingerprint density at radius 3 is 2.67 bits per heavy atom. The van der Waals surface area contributed by atoms with Crippen molar-refractivity contribution in [2.24, 2.45) is 0 Å². The number of rotatable bonds is 4. The summed E-state index contributed by atoms with van der Waals surface area (Å²) in [5.41, 5.74) is 0.151. The number of hydrogen-bond donors (Lipinski definition) is 3. The summed E-state index contributed by atoms with van der Waals surface area (Å²) in [6.07, 6.45) is 0. The Morgan fingerprint density at radius 1 is 1.39 bits per heavy atom. The van der Waals surface area contributed by atoms with Crippen molar-refractivity contribution >= 4 is 5.91 Å². The van der Waals surface area contributed by atoms with E-state index >= 15 is 0 Å². The first kappa shape index (κ1) is 14.4. The van der Waals surface area contributed by atoms with E-state index in [-0.39, 0.29) is 30.3 Å². The van der Waals surface area contributed by atoms with Gasteiger partial charge in [-0.3, -0.25) is 4.79 Å². The molecule has 3 N–H and O–H groups in total. The minimum Gasteiger partial charge on any atom is -0.505 e. The van der Waals surface area contributed by atoms with Gasteiger partial charge in [0.1, 0.15) is 0 Å². The Labute approximate surface area is 106 Å². The maximum Gasteiger partial charge on any atom is 0.234 e. The SMILES string of the molecule is CC(C)(C)NC(=O)CNCc1cccc(F)c1O. The van der Waals surface area contributed by atoms with Crippen LogP contribution in [0.15, 0.2) is 18.2 Å². The van der Waals surface area contributed by atoms with Crippen LogP contribution in [0.2, 0.25) is 0 Å². The van der Waals surface area contributed by atoms with Crippen LogP contribution in [0.4, 0.5) is 4.39 Å². The normalized spacial score (nSPS) is 11.3. The van der Waals surface area contributed by atoms with Gasteiger partial charge >= 0.3 is 0 Å². The molecule has 0 aliphatic heterocycles. The first-order chi connectivity index (χ1) is 8.29. The average molecular weight is 254 g/mol. The molecule has 100 valence electrons. The van der Waals surface area contributed by atoms with Gasteiger partial charge in [-0.15, -0.1) is 0 Å². The van der Waals surface area contributed by atoms with E-state index in [9.17, 15) is 14.3 Å². The zero-order valence-electron chi connectivity index (χ0n) is 10.9. The van der Waals surface area contributed by atoms with Gasteiger partial charge in [0.15, 0.2) is 11.6 Å². The van der Waals surface area contributed by atoms with Gasteiger partial charge in [-0.05, 0) is 26.8 Å². The van der Waals surface area contributed by atoms with Crippen LogP contribution in [0.25, 0.3) is 0 Å². The minimum absolute atomic E-state index is 0.118. The summed E-state index contributed by atoms with van der Waals surface area (Å²) in [6, 6.07) is 4.31. The number of carbonyl (C=O) groups excluding carboxylic acids is 1. The maximum atomic E-state index is 13.0. The molecule has 1 aromatic rings. The monoisotopic (exact) mass is 254 g/mol. The van der Waals surface area contributed by atoms with E-state index < -0.39 is 5.82 Å². The molecule has 0 aliphatic rings. The van der Waals surface area contributed by atoms with E-state index in [0.717, 1.165) is 0 Å². The van der Waals surface area contributed by atoms with Crippen molar-refractivity contribution in [2.75, 3.05) is 6.54 Å². The van der Waals surface area contributed by atoms with Crippen molar-refractivity contribution in [3.05, 3.63) is 29.6 Å². The number of hydrogen-bond acceptors (Lipinski definition) is 3. The summed E-state index contributed by atoms with van der Waals surface area (Å²) < 4.78 is 13.0. The van der Waals surface area contributed by atoms with Gasteiger partial charge in [-0.1, -0.05) is 12.1 Å². The molecule has 0 spiro atoms. The Kier molecular flexibility index (Phi) is 4.67. The number of para-hydroxylation sites is 1. The number of nitrogens with one attached hydrogen (secondary N) is 2. The topological polar surface area (TPSA) is 61.4 Å². The zero-order valence-corrected chi connectivity index (χ0v) is 10.9. The van der Waals surface area contributed by atoms with E-state index in [2.05, 4.69) is 10.6 Å². The lowest BCUT2D eigenvalue weighted by Gasteiger charge is -2.20. The molecular weight excluding hydrogens is 235 g/mol. The second-order valence-corrected chi connectivity index (χ2v) is 5.15. The molecule has 0 fully saturated rings. The van der Waals surface area contributed by atoms with Crippen LogP contribution in [0.1, 0.15) is 26.3 Å². The number of phenols is 1. The third kappa shape index (κ3) is 4.71. The number of aromatic hydroxyl groups is 1. The van der Waals surface area contributed by atoms with Crippen LogP contribution in [0.3, 0.4) is 0 Å². The lowest BCUT2D eigenvalue weighted by molar-refractivity contribution is -0.121. The predicted molar refractivity (Wildman–Crippen MR) is 67.7 cm³/mol. The zero-order chi connectivity index (χ0) is 13.8. The number of amides is 1. The molecule has 0 radical (unpaired) electrons. The summed E-state index contributed by atoms with van der Waals surface area (Å²) in [5.74, 6) is -1.17. The van der Waals surface area contributed by atoms with Gasteiger partial charge in [-0.25, -0.2) is 4.39 Å². The number of halogens is 1. The highest BCUT2D eigenvalue weighted by Gasteiger charge is 2.13. The molecule has 0 unspecified atom stereocenters. The summed E-state index contributed by atoms with van der Waals surface area (Å²) in [6.45, 7) is 6.03. The standard InChI is InChI=1S/C13H19FN2O2/c1-13(2,3)16-11(17)8-15-7-9-5-4-6-10(14)12(9)18/h4-6,15,18H,7-8H2,1-3H3,(H,16,17). The Balaban J connectivity index is 2.43. The smallest absolute Gasteiger partial charge is 0.234 e. The first-order valence-electron chi connectivity index (χ1n) is 5.77. The van der Waals surface area contributed by atoms with E-state index in [1.807, 2.05) is 20.8 Å². The molecule has 18 heavy (non-hydrogen) atoms. The highest BCUT2D eigenvalue weighted by atomic mass is 19.1. The Hall–Kier alpha value is -1.62. The molecule has 0 atom stereocenters. The van der Waals surface area contributed by atoms with E-state index in [1.165, 1.54) is 12.1 Å². The van der Waals surface area contributed by atoms with Crippen LogP contribution in [-0.2, 0) is 11.3 Å². The molecule has 1 rings (SSSR count). The molecule has 0 aliphatic carbocycles. The van der Waals surface area contributed by atoms with Crippen molar-refractivity contribution in [1.82, 2.24) is 10.6 Å². The second-order valence-electron chi connectivity index (χ2n) is 5.15. The summed E-state index contributed by atoms with van der Waals surface area (Å²) in [4.78, 5) is 11.5. The predicted octanol–water partition coefficient (Wildman–Crippen LogP) is 1.54. The Morgan fingerprint density at radius 2 is 2.06 bits per heavy atom. The number of benzene rings is 1. The lowest BCUT2D eigenvalue weighted by atomic mass is 10.1. The average Bonchev–Trinajstić information content (AvgIpc) is 2.21. The van der Waals surface area contributed by atoms with Crippen LogP contribution in [0.5, 0.6) is 5.75 Å². The Bertz CT molecular complexity index is 427. The van der Waals surface area contributed by atoms with Crippen molar-refractivity contribution < 1.29 is 14.3 Å². The van der Waals surface area contributed by atoms with Gasteiger partial charge in [0.05, 0.1) is 6.54 Å². The lowest BCUT2D eigenvalue weighted by Crippen LogP contribution is -2.44. The van der Waals surface area contributed by atoms with Crippen molar-refractivity contribution in [3.8, 4) is 5.75 Å². The molecule has 0 saturated heterocycles. The van der Waals surface area contributed by atoms with Crippen molar-refractivity contribution in [1.29, 1.82) is 0 Å². The van der Waals surface area contributed by atoms with Crippen LogP contribution >= 0.6 is 0 Å². The van der Waals surface area contributed by atoms with Gasteiger partial charge < -0.3 is 15.7 Å². The van der Waals surface area contributed by atoms with Crippen molar-refractivity contribution in [2.45, 2.75) is 32.9 Å². The fourth-order valence-corrected chi connectivity index (χ4v) is 1.48. The minimum atomic E-state index is -0.659. The fraction of sp³-hybridized carbons (Fsp3) is 0.462. The molecule has 0 saturated carbocycles. The first-order valence-corrected chi connectivity index (χ1v) is 5.77. The summed E-state index contributed by atoms with van der Waals surface area (Å²) in [5, 5.41) is 15.1. The van der Waals surface area contributed by atoms with Gasteiger partial charge in [-0.2, -0.15) is 0 Å². The van der Waals surface area contributed by atoms with E-state index in [4.69, 9.17) is 0 Å².